The van der Waals surface area contributed by atoms with E-state index in [2.05, 4.69) is 31.3 Å². The molecule has 96 valence electrons. The van der Waals surface area contributed by atoms with Crippen LogP contribution in [-0.4, -0.2) is 20.7 Å². The highest BCUT2D eigenvalue weighted by atomic mass is 16.5. The molecule has 3 heteroatoms. The Balaban J connectivity index is 3.05. The fourth-order valence-electron chi connectivity index (χ4n) is 2.27. The number of hydrogen-bond donors (Lipinski definition) is 2. The van der Waals surface area contributed by atoms with Crippen LogP contribution in [0.3, 0.4) is 0 Å². The van der Waals surface area contributed by atoms with Crippen molar-refractivity contribution in [3.05, 3.63) is 29.3 Å². The Kier molecular flexibility index (Phi) is 5.45. The molecular weight excluding hydrogens is 212 g/mol. The summed E-state index contributed by atoms with van der Waals surface area (Å²) in [6, 6.07) is 6.58. The lowest BCUT2D eigenvalue weighted by Gasteiger charge is -2.25. The van der Waals surface area contributed by atoms with Crippen LogP contribution in [0.2, 0.25) is 0 Å². The molecule has 0 spiro atoms. The minimum Gasteiger partial charge on any atom is -0.496 e. The first-order valence-electron chi connectivity index (χ1n) is 6.15. The highest BCUT2D eigenvalue weighted by molar-refractivity contribution is 5.39. The summed E-state index contributed by atoms with van der Waals surface area (Å²) in [5.41, 5.74) is 8.11. The van der Waals surface area contributed by atoms with Gasteiger partial charge in [0, 0.05) is 11.6 Å². The predicted octanol–water partition coefficient (Wildman–Crippen LogP) is 2.25. The van der Waals surface area contributed by atoms with Crippen molar-refractivity contribution in [3.63, 3.8) is 0 Å². The monoisotopic (exact) mass is 236 g/mol. The summed E-state index contributed by atoms with van der Waals surface area (Å²) in [6.07, 6.45) is 1.00. The van der Waals surface area contributed by atoms with Crippen molar-refractivity contribution in [1.29, 1.82) is 0 Å². The molecule has 17 heavy (non-hydrogen) atoms. The number of benzene rings is 1. The Hall–Kier alpha value is -1.06. The first-order valence-corrected chi connectivity index (χ1v) is 6.15. The van der Waals surface area contributed by atoms with E-state index in [0.717, 1.165) is 12.2 Å². The summed E-state index contributed by atoms with van der Waals surface area (Å²) in [5.74, 6) is 1.43. The largest absolute Gasteiger partial charge is 0.496 e. The minimum absolute atomic E-state index is 0.286. The Labute approximate surface area is 104 Å². The van der Waals surface area contributed by atoms with Crippen LogP contribution < -0.4 is 15.8 Å². The molecule has 3 N–H and O–H groups in total. The van der Waals surface area contributed by atoms with Crippen molar-refractivity contribution in [3.8, 4) is 5.75 Å². The fraction of sp³-hybridized carbons (Fsp3) is 0.571. The lowest BCUT2D eigenvalue weighted by Crippen LogP contribution is -2.25. The predicted molar refractivity (Wildman–Crippen MR) is 72.4 cm³/mol. The molecule has 0 bridgehead atoms. The van der Waals surface area contributed by atoms with Crippen LogP contribution in [0.4, 0.5) is 0 Å². The van der Waals surface area contributed by atoms with Crippen LogP contribution in [0, 0.1) is 12.8 Å². The van der Waals surface area contributed by atoms with Crippen LogP contribution in [0.25, 0.3) is 0 Å². The maximum absolute atomic E-state index is 5.64. The van der Waals surface area contributed by atoms with Gasteiger partial charge < -0.3 is 15.8 Å². The quantitative estimate of drug-likeness (QED) is 0.796. The number of nitrogens with one attached hydrogen (secondary N) is 1. The number of methoxy groups -OCH3 is 1. The molecule has 0 aliphatic rings. The van der Waals surface area contributed by atoms with E-state index in [1.807, 2.05) is 13.1 Å². The van der Waals surface area contributed by atoms with E-state index < -0.39 is 0 Å². The van der Waals surface area contributed by atoms with Crippen molar-refractivity contribution >= 4 is 0 Å². The molecule has 0 saturated heterocycles. The van der Waals surface area contributed by atoms with Gasteiger partial charge in [-0.15, -0.1) is 0 Å². The van der Waals surface area contributed by atoms with E-state index in [-0.39, 0.29) is 6.04 Å². The van der Waals surface area contributed by atoms with E-state index in [1.165, 1.54) is 11.1 Å². The Morgan fingerprint density at radius 1 is 1.41 bits per heavy atom. The Morgan fingerprint density at radius 3 is 2.65 bits per heavy atom. The molecule has 0 aliphatic carbocycles. The number of nitrogens with two attached hydrogens (primary N) is 1. The van der Waals surface area contributed by atoms with E-state index in [1.54, 1.807) is 7.11 Å². The van der Waals surface area contributed by atoms with Gasteiger partial charge in [0.05, 0.1) is 7.11 Å². The number of aryl methyl sites for hydroxylation is 1. The summed E-state index contributed by atoms with van der Waals surface area (Å²) < 4.78 is 5.44. The molecule has 0 saturated carbocycles. The average molecular weight is 236 g/mol. The molecular formula is C14H24N2O. The third-order valence-electron chi connectivity index (χ3n) is 3.22. The van der Waals surface area contributed by atoms with E-state index in [9.17, 15) is 0 Å². The van der Waals surface area contributed by atoms with Crippen LogP contribution in [-0.2, 0) is 0 Å². The fourth-order valence-corrected chi connectivity index (χ4v) is 2.27. The second-order valence-corrected chi connectivity index (χ2v) is 4.57. The molecule has 1 aromatic rings. The zero-order valence-corrected chi connectivity index (χ0v) is 11.3. The summed E-state index contributed by atoms with van der Waals surface area (Å²) in [5, 5.41) is 3.37. The first-order chi connectivity index (χ1) is 8.13. The molecule has 0 heterocycles. The van der Waals surface area contributed by atoms with Crippen molar-refractivity contribution < 1.29 is 4.74 Å². The SMILES string of the molecule is CNC(c1cc(C)ccc1OC)C(C)CCN. The first kappa shape index (κ1) is 14.0. The van der Waals surface area contributed by atoms with Crippen LogP contribution >= 0.6 is 0 Å². The molecule has 1 aromatic carbocycles. The number of hydrogen-bond acceptors (Lipinski definition) is 3. The van der Waals surface area contributed by atoms with Gasteiger partial charge in [0.2, 0.25) is 0 Å². The lowest BCUT2D eigenvalue weighted by molar-refractivity contribution is 0.360. The molecule has 0 aromatic heterocycles. The Morgan fingerprint density at radius 2 is 2.12 bits per heavy atom. The highest BCUT2D eigenvalue weighted by Crippen LogP contribution is 2.31. The van der Waals surface area contributed by atoms with Gasteiger partial charge in [-0.2, -0.15) is 0 Å². The molecule has 2 unspecified atom stereocenters. The van der Waals surface area contributed by atoms with E-state index in [0.29, 0.717) is 12.5 Å². The van der Waals surface area contributed by atoms with Crippen molar-refractivity contribution in [1.82, 2.24) is 5.32 Å². The van der Waals surface area contributed by atoms with Gasteiger partial charge in [-0.25, -0.2) is 0 Å². The average Bonchev–Trinajstić information content (AvgIpc) is 2.31. The maximum Gasteiger partial charge on any atom is 0.123 e. The van der Waals surface area contributed by atoms with Gasteiger partial charge >= 0.3 is 0 Å². The van der Waals surface area contributed by atoms with Gasteiger partial charge in [-0.1, -0.05) is 24.6 Å². The molecule has 0 amide bonds. The zero-order valence-electron chi connectivity index (χ0n) is 11.3. The molecule has 2 atom stereocenters. The van der Waals surface area contributed by atoms with Crippen LogP contribution in [0.1, 0.15) is 30.5 Å². The zero-order chi connectivity index (χ0) is 12.8. The van der Waals surface area contributed by atoms with Crippen molar-refractivity contribution in [2.24, 2.45) is 11.7 Å². The topological polar surface area (TPSA) is 47.3 Å². The standard InChI is InChI=1S/C14H24N2O/c1-10-5-6-13(17-4)12(9-10)14(16-3)11(2)7-8-15/h5-6,9,11,14,16H,7-8,15H2,1-4H3. The second kappa shape index (κ2) is 6.62. The summed E-state index contributed by atoms with van der Waals surface area (Å²) in [7, 11) is 3.70. The van der Waals surface area contributed by atoms with Gasteiger partial charge in [-0.05, 0) is 38.9 Å². The second-order valence-electron chi connectivity index (χ2n) is 4.57. The third-order valence-corrected chi connectivity index (χ3v) is 3.22. The van der Waals surface area contributed by atoms with Gasteiger partial charge in [0.25, 0.3) is 0 Å². The summed E-state index contributed by atoms with van der Waals surface area (Å²) >= 11 is 0. The third kappa shape index (κ3) is 3.45. The van der Waals surface area contributed by atoms with Crippen molar-refractivity contribution in [2.75, 3.05) is 20.7 Å². The summed E-state index contributed by atoms with van der Waals surface area (Å²) in [4.78, 5) is 0. The number of rotatable bonds is 6. The van der Waals surface area contributed by atoms with Gasteiger partial charge in [0.1, 0.15) is 5.75 Å². The maximum atomic E-state index is 5.64. The molecule has 3 nitrogen and oxygen atoms in total. The smallest absolute Gasteiger partial charge is 0.123 e. The normalized spacial score (nSPS) is 14.4. The van der Waals surface area contributed by atoms with Crippen LogP contribution in [0.5, 0.6) is 5.75 Å². The lowest BCUT2D eigenvalue weighted by atomic mass is 9.90. The minimum atomic E-state index is 0.286. The summed E-state index contributed by atoms with van der Waals surface area (Å²) in [6.45, 7) is 5.03. The van der Waals surface area contributed by atoms with Gasteiger partial charge in [0.15, 0.2) is 0 Å². The van der Waals surface area contributed by atoms with E-state index in [4.69, 9.17) is 10.5 Å². The molecule has 0 fully saturated rings. The Bertz CT molecular complexity index is 352. The molecule has 1 rings (SSSR count). The number of ether oxygens (including phenoxy) is 1. The molecule has 0 aliphatic heterocycles. The highest BCUT2D eigenvalue weighted by Gasteiger charge is 2.20. The van der Waals surface area contributed by atoms with Gasteiger partial charge in [-0.3, -0.25) is 0 Å². The molecule has 0 radical (unpaired) electrons. The van der Waals surface area contributed by atoms with Crippen molar-refractivity contribution in [2.45, 2.75) is 26.3 Å². The van der Waals surface area contributed by atoms with E-state index >= 15 is 0 Å². The van der Waals surface area contributed by atoms with Crippen LogP contribution in [0.15, 0.2) is 18.2 Å².